The highest BCUT2D eigenvalue weighted by Gasteiger charge is 2.31. The fraction of sp³-hybridized carbons (Fsp3) is 0.429. The Morgan fingerprint density at radius 3 is 3.00 bits per heavy atom. The van der Waals surface area contributed by atoms with Gasteiger partial charge in [-0.2, -0.15) is 0 Å². The van der Waals surface area contributed by atoms with Crippen LogP contribution in [-0.4, -0.2) is 36.3 Å². The van der Waals surface area contributed by atoms with Gasteiger partial charge in [0.05, 0.1) is 12.6 Å². The second-order valence-electron chi connectivity index (χ2n) is 5.25. The first-order valence-corrected chi connectivity index (χ1v) is 6.66. The zero-order chi connectivity index (χ0) is 14.1. The Labute approximate surface area is 116 Å². The van der Waals surface area contributed by atoms with Crippen LogP contribution in [0.2, 0.25) is 0 Å². The molecule has 0 unspecified atom stereocenters. The molecule has 0 aromatic heterocycles. The maximum atomic E-state index is 13.6. The van der Waals surface area contributed by atoms with Crippen LogP contribution in [0.25, 0.3) is 0 Å². The third-order valence-corrected chi connectivity index (χ3v) is 3.96. The molecule has 2 atom stereocenters. The van der Waals surface area contributed by atoms with Crippen molar-refractivity contribution in [2.45, 2.75) is 19.1 Å². The van der Waals surface area contributed by atoms with Crippen molar-refractivity contribution in [3.8, 4) is 0 Å². The predicted molar refractivity (Wildman–Crippen MR) is 70.4 cm³/mol. The van der Waals surface area contributed by atoms with E-state index in [1.165, 1.54) is 6.07 Å². The van der Waals surface area contributed by atoms with Crippen LogP contribution >= 0.6 is 0 Å². The highest BCUT2D eigenvalue weighted by Crippen LogP contribution is 2.25. The molecule has 5 nitrogen and oxygen atoms in total. The van der Waals surface area contributed by atoms with Crippen molar-refractivity contribution in [2.24, 2.45) is 5.92 Å². The summed E-state index contributed by atoms with van der Waals surface area (Å²) in [6.07, 6.45) is 0.864. The maximum absolute atomic E-state index is 13.6. The normalized spacial score (nSPS) is 24.6. The van der Waals surface area contributed by atoms with E-state index >= 15 is 0 Å². The molecule has 0 saturated carbocycles. The second-order valence-corrected chi connectivity index (χ2v) is 5.25. The number of nitrogens with zero attached hydrogens (tertiary/aromatic N) is 1. The summed E-state index contributed by atoms with van der Waals surface area (Å²) in [6.45, 7) is 1.86. The van der Waals surface area contributed by atoms with Crippen LogP contribution in [0.3, 0.4) is 0 Å². The van der Waals surface area contributed by atoms with Crippen LogP contribution in [0.15, 0.2) is 18.2 Å². The van der Waals surface area contributed by atoms with Crippen LogP contribution < -0.4 is 10.6 Å². The van der Waals surface area contributed by atoms with E-state index in [0.29, 0.717) is 25.2 Å². The summed E-state index contributed by atoms with van der Waals surface area (Å²) in [7, 11) is 0. The summed E-state index contributed by atoms with van der Waals surface area (Å²) in [6, 6.07) is 4.45. The molecule has 0 spiro atoms. The highest BCUT2D eigenvalue weighted by molar-refractivity contribution is 5.76. The third-order valence-electron chi connectivity index (χ3n) is 3.96. The smallest absolute Gasteiger partial charge is 0.318 e. The van der Waals surface area contributed by atoms with Crippen molar-refractivity contribution in [1.29, 1.82) is 0 Å². The van der Waals surface area contributed by atoms with Crippen molar-refractivity contribution >= 4 is 12.3 Å². The van der Waals surface area contributed by atoms with Gasteiger partial charge in [0.25, 0.3) is 0 Å². The molecular formula is C14H16FN3O2. The lowest BCUT2D eigenvalue weighted by Gasteiger charge is -2.21. The van der Waals surface area contributed by atoms with Crippen molar-refractivity contribution < 1.29 is 14.0 Å². The van der Waals surface area contributed by atoms with Gasteiger partial charge in [-0.05, 0) is 11.6 Å². The lowest BCUT2D eigenvalue weighted by molar-refractivity contribution is -0.111. The minimum Gasteiger partial charge on any atom is -0.333 e. The molecule has 1 aromatic rings. The molecule has 6 heteroatoms. The first kappa shape index (κ1) is 13.1. The standard InChI is InChI=1S/C14H16FN3O2/c15-12-3-1-2-9-6-18(7-11(9)12)14(20)17-13-5-16-4-10(13)8-19/h1-3,8,10,13,16H,4-7H2,(H,17,20)/t10-,13+/m1/s1. The average Bonchev–Trinajstić information content (AvgIpc) is 3.05. The molecule has 106 valence electrons. The maximum Gasteiger partial charge on any atom is 0.318 e. The molecule has 0 aliphatic carbocycles. The first-order valence-electron chi connectivity index (χ1n) is 6.66. The number of fused-ring (bicyclic) bond motifs is 1. The van der Waals surface area contributed by atoms with Gasteiger partial charge >= 0.3 is 6.03 Å². The van der Waals surface area contributed by atoms with Gasteiger partial charge in [0.1, 0.15) is 12.1 Å². The Morgan fingerprint density at radius 1 is 1.40 bits per heavy atom. The molecule has 1 aromatic carbocycles. The summed E-state index contributed by atoms with van der Waals surface area (Å²) in [4.78, 5) is 24.6. The molecule has 3 rings (SSSR count). The average molecular weight is 277 g/mol. The number of urea groups is 1. The number of carbonyl (C=O) groups excluding carboxylic acids is 2. The lowest BCUT2D eigenvalue weighted by atomic mass is 10.1. The number of halogens is 1. The van der Waals surface area contributed by atoms with Crippen LogP contribution in [-0.2, 0) is 17.9 Å². The van der Waals surface area contributed by atoms with E-state index in [-0.39, 0.29) is 30.4 Å². The Bertz CT molecular complexity index is 549. The first-order chi connectivity index (χ1) is 9.69. The molecule has 1 fully saturated rings. The topological polar surface area (TPSA) is 61.4 Å². The molecule has 2 aliphatic heterocycles. The van der Waals surface area contributed by atoms with Crippen molar-refractivity contribution in [3.63, 3.8) is 0 Å². The van der Waals surface area contributed by atoms with Crippen LogP contribution in [0, 0.1) is 11.7 Å². The molecule has 20 heavy (non-hydrogen) atoms. The van der Waals surface area contributed by atoms with Crippen molar-refractivity contribution in [3.05, 3.63) is 35.1 Å². The Hall–Kier alpha value is -1.95. The number of hydrogen-bond acceptors (Lipinski definition) is 3. The molecule has 1 saturated heterocycles. The minimum atomic E-state index is -0.272. The Morgan fingerprint density at radius 2 is 2.25 bits per heavy atom. The SMILES string of the molecule is O=C[C@H]1CNC[C@@H]1NC(=O)N1Cc2cccc(F)c2C1. The Balaban J connectivity index is 1.66. The van der Waals surface area contributed by atoms with E-state index in [2.05, 4.69) is 10.6 Å². The van der Waals surface area contributed by atoms with Gasteiger partial charge in [0, 0.05) is 31.1 Å². The van der Waals surface area contributed by atoms with E-state index in [1.807, 2.05) is 6.07 Å². The van der Waals surface area contributed by atoms with Crippen molar-refractivity contribution in [1.82, 2.24) is 15.5 Å². The van der Waals surface area contributed by atoms with E-state index in [0.717, 1.165) is 11.8 Å². The quantitative estimate of drug-likeness (QED) is 0.780. The van der Waals surface area contributed by atoms with Gasteiger partial charge in [-0.15, -0.1) is 0 Å². The second kappa shape index (κ2) is 5.20. The summed E-state index contributed by atoms with van der Waals surface area (Å²) >= 11 is 0. The monoisotopic (exact) mass is 277 g/mol. The van der Waals surface area contributed by atoms with Gasteiger partial charge in [-0.3, -0.25) is 0 Å². The zero-order valence-corrected chi connectivity index (χ0v) is 10.9. The number of carbonyl (C=O) groups is 2. The molecule has 2 N–H and O–H groups in total. The number of nitrogens with one attached hydrogen (secondary N) is 2. The molecule has 0 radical (unpaired) electrons. The number of benzene rings is 1. The summed E-state index contributed by atoms with van der Waals surface area (Å²) in [5, 5.41) is 5.92. The van der Waals surface area contributed by atoms with Gasteiger partial charge in [-0.25, -0.2) is 9.18 Å². The van der Waals surface area contributed by atoms with E-state index < -0.39 is 0 Å². The number of amides is 2. The fourth-order valence-corrected chi connectivity index (χ4v) is 2.77. The molecule has 2 heterocycles. The predicted octanol–water partition coefficient (Wildman–Crippen LogP) is 0.638. The van der Waals surface area contributed by atoms with E-state index in [4.69, 9.17) is 0 Å². The van der Waals surface area contributed by atoms with E-state index in [9.17, 15) is 14.0 Å². The van der Waals surface area contributed by atoms with Gasteiger partial charge in [0.15, 0.2) is 0 Å². The van der Waals surface area contributed by atoms with Gasteiger partial charge < -0.3 is 20.3 Å². The highest BCUT2D eigenvalue weighted by atomic mass is 19.1. The summed E-state index contributed by atoms with van der Waals surface area (Å²) < 4.78 is 13.6. The van der Waals surface area contributed by atoms with Crippen LogP contribution in [0.1, 0.15) is 11.1 Å². The zero-order valence-electron chi connectivity index (χ0n) is 10.9. The fourth-order valence-electron chi connectivity index (χ4n) is 2.77. The molecule has 2 amide bonds. The van der Waals surface area contributed by atoms with E-state index in [1.54, 1.807) is 11.0 Å². The lowest BCUT2D eigenvalue weighted by Crippen LogP contribution is -2.46. The largest absolute Gasteiger partial charge is 0.333 e. The van der Waals surface area contributed by atoms with Crippen LogP contribution in [0.5, 0.6) is 0 Å². The number of aldehydes is 1. The molecule has 2 aliphatic rings. The molecular weight excluding hydrogens is 261 g/mol. The van der Waals surface area contributed by atoms with Gasteiger partial charge in [0.2, 0.25) is 0 Å². The minimum absolute atomic E-state index is 0.187. The summed E-state index contributed by atoms with van der Waals surface area (Å²) in [5.74, 6) is -0.466. The number of hydrogen-bond donors (Lipinski definition) is 2. The van der Waals surface area contributed by atoms with Crippen molar-refractivity contribution in [2.75, 3.05) is 13.1 Å². The Kier molecular flexibility index (Phi) is 3.40. The van der Waals surface area contributed by atoms with Gasteiger partial charge in [-0.1, -0.05) is 12.1 Å². The molecule has 0 bridgehead atoms. The summed E-state index contributed by atoms with van der Waals surface area (Å²) in [5.41, 5.74) is 1.43. The van der Waals surface area contributed by atoms with Crippen LogP contribution in [0.4, 0.5) is 9.18 Å². The number of rotatable bonds is 2. The third kappa shape index (κ3) is 2.27.